The minimum atomic E-state index is -0.111. The number of pyridine rings is 1. The summed E-state index contributed by atoms with van der Waals surface area (Å²) in [5, 5.41) is 0. The van der Waals surface area contributed by atoms with Gasteiger partial charge in [-0.25, -0.2) is 4.39 Å². The molecule has 0 radical (unpaired) electrons. The van der Waals surface area contributed by atoms with Gasteiger partial charge in [-0.05, 0) is 79.7 Å². The fraction of sp³-hybridized carbons (Fsp3) is 0.645. The molecule has 1 saturated carbocycles. The van der Waals surface area contributed by atoms with Crippen LogP contribution < -0.4 is 0 Å². The monoisotopic (exact) mass is 451 g/mol. The molecule has 3 rings (SSSR count). The molecule has 1 heterocycles. The zero-order chi connectivity index (χ0) is 23.3. The van der Waals surface area contributed by atoms with E-state index in [1.807, 2.05) is 18.3 Å². The molecule has 1 aromatic carbocycles. The number of nitrogens with zero attached hydrogens (tertiary/aromatic N) is 1. The van der Waals surface area contributed by atoms with Gasteiger partial charge in [0.1, 0.15) is 5.82 Å². The fourth-order valence-corrected chi connectivity index (χ4v) is 5.61. The molecule has 0 unspecified atom stereocenters. The summed E-state index contributed by atoms with van der Waals surface area (Å²) in [6.45, 7) is 4.51. The molecule has 1 aliphatic rings. The van der Waals surface area contributed by atoms with Crippen molar-refractivity contribution in [2.45, 2.75) is 122 Å². The van der Waals surface area contributed by atoms with E-state index in [4.69, 9.17) is 0 Å². The van der Waals surface area contributed by atoms with Gasteiger partial charge in [-0.15, -0.1) is 0 Å². The number of halogens is 1. The molecule has 1 aromatic heterocycles. The van der Waals surface area contributed by atoms with Crippen LogP contribution in [0.1, 0.15) is 127 Å². The van der Waals surface area contributed by atoms with Gasteiger partial charge < -0.3 is 0 Å². The van der Waals surface area contributed by atoms with E-state index in [1.165, 1.54) is 95.5 Å². The molecule has 1 fully saturated rings. The maximum Gasteiger partial charge on any atom is 0.132 e. The number of rotatable bonds is 14. The lowest BCUT2D eigenvalue weighted by molar-refractivity contribution is 0.302. The van der Waals surface area contributed by atoms with Crippen molar-refractivity contribution in [1.29, 1.82) is 0 Å². The van der Waals surface area contributed by atoms with Gasteiger partial charge in [-0.3, -0.25) is 4.98 Å². The summed E-state index contributed by atoms with van der Waals surface area (Å²) in [4.78, 5) is 4.67. The number of hydrogen-bond donors (Lipinski definition) is 0. The first-order valence-electron chi connectivity index (χ1n) is 14.0. The average molecular weight is 452 g/mol. The summed E-state index contributed by atoms with van der Waals surface area (Å²) < 4.78 is 15.1. The summed E-state index contributed by atoms with van der Waals surface area (Å²) in [5.41, 5.74) is 3.91. The van der Waals surface area contributed by atoms with Crippen molar-refractivity contribution in [3.63, 3.8) is 0 Å². The number of hydrogen-bond acceptors (Lipinski definition) is 1. The van der Waals surface area contributed by atoms with Crippen LogP contribution >= 0.6 is 0 Å². The largest absolute Gasteiger partial charge is 0.256 e. The van der Waals surface area contributed by atoms with Gasteiger partial charge in [-0.1, -0.05) is 90.2 Å². The lowest BCUT2D eigenvalue weighted by atomic mass is 9.76. The number of aryl methyl sites for hydroxylation is 1. The molecule has 33 heavy (non-hydrogen) atoms. The smallest absolute Gasteiger partial charge is 0.132 e. The number of aromatic nitrogens is 1. The lowest BCUT2D eigenvalue weighted by Gasteiger charge is -2.30. The van der Waals surface area contributed by atoms with Crippen molar-refractivity contribution in [2.75, 3.05) is 0 Å². The van der Waals surface area contributed by atoms with Crippen LogP contribution in [0.25, 0.3) is 11.3 Å². The normalized spacial score (nSPS) is 18.5. The van der Waals surface area contributed by atoms with E-state index in [2.05, 4.69) is 31.0 Å². The van der Waals surface area contributed by atoms with E-state index >= 15 is 4.39 Å². The van der Waals surface area contributed by atoms with Gasteiger partial charge in [0.15, 0.2) is 0 Å². The van der Waals surface area contributed by atoms with Crippen LogP contribution in [0, 0.1) is 11.7 Å². The molecule has 0 atom stereocenters. The molecular weight excluding hydrogens is 405 g/mol. The highest BCUT2D eigenvalue weighted by Crippen LogP contribution is 2.41. The van der Waals surface area contributed by atoms with Crippen LogP contribution in [0.5, 0.6) is 0 Å². The summed E-state index contributed by atoms with van der Waals surface area (Å²) in [7, 11) is 0. The van der Waals surface area contributed by atoms with Crippen molar-refractivity contribution in [1.82, 2.24) is 4.98 Å². The van der Waals surface area contributed by atoms with E-state index in [9.17, 15) is 0 Å². The second-order valence-electron chi connectivity index (χ2n) is 10.3. The van der Waals surface area contributed by atoms with Crippen molar-refractivity contribution >= 4 is 0 Å². The predicted molar refractivity (Wildman–Crippen MR) is 140 cm³/mol. The Kier molecular flexibility index (Phi) is 11.4. The molecule has 0 saturated heterocycles. The summed E-state index contributed by atoms with van der Waals surface area (Å²) >= 11 is 0. The first kappa shape index (κ1) is 25.9. The third-order valence-electron chi connectivity index (χ3n) is 7.70. The van der Waals surface area contributed by atoms with Gasteiger partial charge >= 0.3 is 0 Å². The summed E-state index contributed by atoms with van der Waals surface area (Å²) in [6, 6.07) is 10.1. The van der Waals surface area contributed by atoms with Crippen molar-refractivity contribution < 1.29 is 4.39 Å². The molecule has 0 bridgehead atoms. The zero-order valence-corrected chi connectivity index (χ0v) is 21.3. The highest BCUT2D eigenvalue weighted by molar-refractivity contribution is 5.65. The molecule has 0 spiro atoms. The predicted octanol–water partition coefficient (Wildman–Crippen LogP) is 10.0. The second-order valence-corrected chi connectivity index (χ2v) is 10.3. The topological polar surface area (TPSA) is 12.9 Å². The number of unbranched alkanes of at least 4 members (excludes halogenated alkanes) is 8. The molecule has 182 valence electrons. The highest BCUT2D eigenvalue weighted by Gasteiger charge is 2.25. The van der Waals surface area contributed by atoms with Gasteiger partial charge in [-0.2, -0.15) is 0 Å². The lowest BCUT2D eigenvalue weighted by Crippen LogP contribution is -2.14. The Morgan fingerprint density at radius 1 is 0.818 bits per heavy atom. The Balaban J connectivity index is 1.55. The highest BCUT2D eigenvalue weighted by atomic mass is 19.1. The van der Waals surface area contributed by atoms with Crippen LogP contribution in [-0.2, 0) is 6.42 Å². The van der Waals surface area contributed by atoms with Gasteiger partial charge in [0.2, 0.25) is 0 Å². The Morgan fingerprint density at radius 2 is 1.52 bits per heavy atom. The zero-order valence-electron chi connectivity index (χ0n) is 21.3. The minimum absolute atomic E-state index is 0.111. The van der Waals surface area contributed by atoms with Gasteiger partial charge in [0, 0.05) is 11.8 Å². The van der Waals surface area contributed by atoms with E-state index in [0.29, 0.717) is 11.5 Å². The maximum absolute atomic E-state index is 15.1. The minimum Gasteiger partial charge on any atom is -0.256 e. The molecule has 1 aliphatic carbocycles. The first-order chi connectivity index (χ1) is 16.2. The molecule has 2 aromatic rings. The van der Waals surface area contributed by atoms with Crippen molar-refractivity contribution in [3.8, 4) is 11.3 Å². The SMILES string of the molecule is CCCCCCCCC1CCC(c2cccnc2-c2ccc(CCCCCC)cc2F)CC1. The fourth-order valence-electron chi connectivity index (χ4n) is 5.61. The first-order valence-corrected chi connectivity index (χ1v) is 14.0. The van der Waals surface area contributed by atoms with Crippen LogP contribution in [0.15, 0.2) is 36.5 Å². The Bertz CT molecular complexity index is 806. The third kappa shape index (κ3) is 8.23. The Labute approximate surface area is 202 Å². The van der Waals surface area contributed by atoms with E-state index in [-0.39, 0.29) is 5.82 Å². The Hall–Kier alpha value is -1.70. The molecular formula is C31H46FN. The summed E-state index contributed by atoms with van der Waals surface area (Å²) in [5.74, 6) is 1.29. The number of benzene rings is 1. The standard InChI is InChI=1S/C31H46FN/c1-3-5-7-9-10-12-14-25-17-20-27(21-18-25)28-16-13-23-33-31(28)29-22-19-26(24-30(29)32)15-11-8-6-4-2/h13,16,19,22-25,27H,3-12,14-15,17-18,20-21H2,1-2H3. The van der Waals surface area contributed by atoms with Crippen molar-refractivity contribution in [3.05, 3.63) is 53.5 Å². The summed E-state index contributed by atoms with van der Waals surface area (Å²) in [6.07, 6.45) is 22.4. The van der Waals surface area contributed by atoms with Gasteiger partial charge in [0.05, 0.1) is 5.69 Å². The van der Waals surface area contributed by atoms with Crippen molar-refractivity contribution in [2.24, 2.45) is 5.92 Å². The molecule has 0 N–H and O–H groups in total. The molecule has 1 nitrogen and oxygen atoms in total. The van der Waals surface area contributed by atoms with E-state index in [0.717, 1.165) is 30.0 Å². The molecule has 0 amide bonds. The van der Waals surface area contributed by atoms with Crippen LogP contribution in [0.2, 0.25) is 0 Å². The van der Waals surface area contributed by atoms with E-state index in [1.54, 1.807) is 6.07 Å². The molecule has 2 heteroatoms. The second kappa shape index (κ2) is 14.5. The third-order valence-corrected chi connectivity index (χ3v) is 7.70. The Morgan fingerprint density at radius 3 is 2.24 bits per heavy atom. The van der Waals surface area contributed by atoms with Crippen LogP contribution in [0.4, 0.5) is 4.39 Å². The van der Waals surface area contributed by atoms with Crippen LogP contribution in [-0.4, -0.2) is 4.98 Å². The quantitative estimate of drug-likeness (QED) is 0.260. The maximum atomic E-state index is 15.1. The average Bonchev–Trinajstić information content (AvgIpc) is 2.85. The van der Waals surface area contributed by atoms with Crippen LogP contribution in [0.3, 0.4) is 0 Å². The molecule has 0 aliphatic heterocycles. The van der Waals surface area contributed by atoms with Gasteiger partial charge in [0.25, 0.3) is 0 Å². The van der Waals surface area contributed by atoms with E-state index < -0.39 is 0 Å².